The van der Waals surface area contributed by atoms with Gasteiger partial charge in [0.25, 0.3) is 0 Å². The smallest absolute Gasteiger partial charge is 0.313 e. The third-order valence-electron chi connectivity index (χ3n) is 6.91. The summed E-state index contributed by atoms with van der Waals surface area (Å²) in [6, 6.07) is 12.4. The molecule has 2 aromatic rings. The van der Waals surface area contributed by atoms with Crippen LogP contribution in [0.1, 0.15) is 57.2 Å². The van der Waals surface area contributed by atoms with E-state index in [1.165, 1.54) is 16.1 Å². The second-order valence-electron chi connectivity index (χ2n) is 10.2. The van der Waals surface area contributed by atoms with Gasteiger partial charge in [0.05, 0.1) is 10.3 Å². The van der Waals surface area contributed by atoms with Gasteiger partial charge >= 0.3 is 5.97 Å². The van der Waals surface area contributed by atoms with Gasteiger partial charge in [-0.05, 0) is 48.6 Å². The Bertz CT molecular complexity index is 1250. The Morgan fingerprint density at radius 3 is 2.14 bits per heavy atom. The number of aliphatic carboxylic acids is 1. The van der Waals surface area contributed by atoms with Gasteiger partial charge in [-0.3, -0.25) is 14.4 Å². The molecule has 0 spiro atoms. The van der Waals surface area contributed by atoms with Crippen molar-refractivity contribution < 1.29 is 27.9 Å². The largest absolute Gasteiger partial charge is 0.481 e. The molecular weight excluding hydrogens is 494 g/mol. The van der Waals surface area contributed by atoms with Crippen molar-refractivity contribution in [1.82, 2.24) is 14.5 Å². The first-order valence-corrected chi connectivity index (χ1v) is 13.7. The average Bonchev–Trinajstić information content (AvgIpc) is 2.87. The Labute approximate surface area is 218 Å². The lowest BCUT2D eigenvalue weighted by Crippen LogP contribution is -2.61. The number of nitrogens with zero attached hydrogens (tertiary/aromatic N) is 2. The maximum Gasteiger partial charge on any atom is 0.313 e. The number of carboxylic acids is 1. The molecule has 2 amide bonds. The second-order valence-corrected chi connectivity index (χ2v) is 12.1. The van der Waals surface area contributed by atoms with Crippen LogP contribution in [0.15, 0.2) is 53.4 Å². The normalized spacial score (nSPS) is 17.0. The van der Waals surface area contributed by atoms with Gasteiger partial charge in [-0.1, -0.05) is 50.2 Å². The SMILES string of the molecule is CC(=O)N1CCN(S(=O)(=O)c2ccc(C(C)C)cc2)[C@@H](C(=O)NCc2ccc(C(C)(C)C(=O)O)cc2)C1. The van der Waals surface area contributed by atoms with E-state index < -0.39 is 33.4 Å². The number of benzene rings is 2. The Kier molecular flexibility index (Phi) is 8.44. The predicted octanol–water partition coefficient (Wildman–Crippen LogP) is 2.71. The number of sulfonamides is 1. The van der Waals surface area contributed by atoms with Gasteiger partial charge in [-0.2, -0.15) is 4.31 Å². The van der Waals surface area contributed by atoms with Crippen LogP contribution >= 0.6 is 0 Å². The molecule has 0 saturated carbocycles. The first kappa shape index (κ1) is 28.3. The van der Waals surface area contributed by atoms with Crippen molar-refractivity contribution in [3.8, 4) is 0 Å². The van der Waals surface area contributed by atoms with Crippen molar-refractivity contribution in [1.29, 1.82) is 0 Å². The Balaban J connectivity index is 1.80. The number of carbonyl (C=O) groups is 3. The fourth-order valence-electron chi connectivity index (χ4n) is 4.18. The molecule has 3 rings (SSSR count). The highest BCUT2D eigenvalue weighted by Gasteiger charge is 2.40. The van der Waals surface area contributed by atoms with Gasteiger partial charge in [-0.25, -0.2) is 8.42 Å². The summed E-state index contributed by atoms with van der Waals surface area (Å²) in [5.74, 6) is -1.43. The number of carbonyl (C=O) groups excluding carboxylic acids is 2. The molecule has 1 atom stereocenters. The first-order valence-electron chi connectivity index (χ1n) is 12.2. The van der Waals surface area contributed by atoms with E-state index in [0.29, 0.717) is 5.56 Å². The van der Waals surface area contributed by atoms with Crippen molar-refractivity contribution in [2.75, 3.05) is 19.6 Å². The molecule has 0 bridgehead atoms. The third kappa shape index (κ3) is 6.19. The zero-order valence-corrected chi connectivity index (χ0v) is 22.7. The van der Waals surface area contributed by atoms with Crippen LogP contribution in [0.4, 0.5) is 0 Å². The molecule has 1 heterocycles. The molecule has 1 saturated heterocycles. The van der Waals surface area contributed by atoms with E-state index in [2.05, 4.69) is 5.32 Å². The molecule has 0 radical (unpaired) electrons. The van der Waals surface area contributed by atoms with E-state index in [0.717, 1.165) is 11.1 Å². The number of nitrogens with one attached hydrogen (secondary N) is 1. The molecule has 37 heavy (non-hydrogen) atoms. The van der Waals surface area contributed by atoms with Crippen LogP contribution in [0.3, 0.4) is 0 Å². The highest BCUT2D eigenvalue weighted by Crippen LogP contribution is 2.25. The van der Waals surface area contributed by atoms with Crippen LogP contribution in [0.2, 0.25) is 0 Å². The molecule has 2 aromatic carbocycles. The van der Waals surface area contributed by atoms with E-state index in [4.69, 9.17) is 0 Å². The van der Waals surface area contributed by atoms with Gasteiger partial charge in [0.2, 0.25) is 21.8 Å². The fraction of sp³-hybridized carbons (Fsp3) is 0.444. The van der Waals surface area contributed by atoms with E-state index in [1.807, 2.05) is 13.8 Å². The Morgan fingerprint density at radius 1 is 1.03 bits per heavy atom. The summed E-state index contributed by atoms with van der Waals surface area (Å²) in [6.07, 6.45) is 0. The van der Waals surface area contributed by atoms with Gasteiger partial charge in [0.1, 0.15) is 6.04 Å². The number of hydrogen-bond acceptors (Lipinski definition) is 5. The van der Waals surface area contributed by atoms with Crippen molar-refractivity contribution in [2.45, 2.75) is 63.4 Å². The fourth-order valence-corrected chi connectivity index (χ4v) is 5.75. The molecule has 9 nitrogen and oxygen atoms in total. The molecule has 0 aliphatic carbocycles. The molecule has 0 aromatic heterocycles. The highest BCUT2D eigenvalue weighted by atomic mass is 32.2. The Hall–Kier alpha value is -3.24. The lowest BCUT2D eigenvalue weighted by atomic mass is 9.84. The number of piperazine rings is 1. The van der Waals surface area contributed by atoms with Crippen molar-refractivity contribution in [3.05, 3.63) is 65.2 Å². The molecule has 1 fully saturated rings. The lowest BCUT2D eigenvalue weighted by molar-refractivity contribution is -0.142. The van der Waals surface area contributed by atoms with Crippen LogP contribution in [0.5, 0.6) is 0 Å². The third-order valence-corrected chi connectivity index (χ3v) is 8.83. The summed E-state index contributed by atoms with van der Waals surface area (Å²) in [5, 5.41) is 12.2. The van der Waals surface area contributed by atoms with Crippen molar-refractivity contribution in [2.24, 2.45) is 0 Å². The van der Waals surface area contributed by atoms with Gasteiger partial charge in [0.15, 0.2) is 0 Å². The Morgan fingerprint density at radius 2 is 1.62 bits per heavy atom. The molecule has 200 valence electrons. The number of carboxylic acid groups (broad SMARTS) is 1. The summed E-state index contributed by atoms with van der Waals surface area (Å²) in [4.78, 5) is 38.3. The van der Waals surface area contributed by atoms with Crippen molar-refractivity contribution >= 4 is 27.8 Å². The molecule has 1 aliphatic rings. The zero-order valence-electron chi connectivity index (χ0n) is 21.9. The quantitative estimate of drug-likeness (QED) is 0.542. The van der Waals surface area contributed by atoms with Crippen LogP contribution in [-0.2, 0) is 36.4 Å². The van der Waals surface area contributed by atoms with Gasteiger partial charge in [-0.15, -0.1) is 0 Å². The molecule has 0 unspecified atom stereocenters. The van der Waals surface area contributed by atoms with Gasteiger partial charge in [0, 0.05) is 33.1 Å². The maximum absolute atomic E-state index is 13.5. The number of rotatable bonds is 8. The van der Waals surface area contributed by atoms with Crippen molar-refractivity contribution in [3.63, 3.8) is 0 Å². The van der Waals surface area contributed by atoms with Gasteiger partial charge < -0.3 is 15.3 Å². The zero-order chi connectivity index (χ0) is 27.5. The first-order chi connectivity index (χ1) is 17.2. The summed E-state index contributed by atoms with van der Waals surface area (Å²) < 4.78 is 28.2. The standard InChI is InChI=1S/C27H35N3O6S/c1-18(2)21-8-12-23(13-9-21)37(35,36)30-15-14-29(19(3)31)17-24(30)25(32)28-16-20-6-10-22(11-7-20)27(4,5)26(33)34/h6-13,18,24H,14-17H2,1-5H3,(H,28,32)(H,33,34)/t24-/m1/s1. The molecular formula is C27H35N3O6S. The molecule has 2 N–H and O–H groups in total. The second kappa shape index (κ2) is 11.0. The average molecular weight is 530 g/mol. The summed E-state index contributed by atoms with van der Waals surface area (Å²) in [7, 11) is -3.98. The van der Waals surface area contributed by atoms with Crippen LogP contribution in [-0.4, -0.2) is 66.2 Å². The van der Waals surface area contributed by atoms with E-state index in [9.17, 15) is 27.9 Å². The van der Waals surface area contributed by atoms with Crippen LogP contribution < -0.4 is 5.32 Å². The summed E-state index contributed by atoms with van der Waals surface area (Å²) >= 11 is 0. The molecule has 10 heteroatoms. The minimum Gasteiger partial charge on any atom is -0.481 e. The summed E-state index contributed by atoms with van der Waals surface area (Å²) in [6.45, 7) is 8.94. The minimum absolute atomic E-state index is 0.00486. The maximum atomic E-state index is 13.5. The minimum atomic E-state index is -3.98. The van der Waals surface area contributed by atoms with Crippen LogP contribution in [0, 0.1) is 0 Å². The van der Waals surface area contributed by atoms with E-state index in [1.54, 1.807) is 62.4 Å². The van der Waals surface area contributed by atoms with E-state index >= 15 is 0 Å². The predicted molar refractivity (Wildman–Crippen MR) is 139 cm³/mol. The number of hydrogen-bond donors (Lipinski definition) is 2. The molecule has 1 aliphatic heterocycles. The lowest BCUT2D eigenvalue weighted by Gasteiger charge is -2.39. The van der Waals surface area contributed by atoms with E-state index in [-0.39, 0.29) is 42.9 Å². The highest BCUT2D eigenvalue weighted by molar-refractivity contribution is 7.89. The number of amides is 2. The topological polar surface area (TPSA) is 124 Å². The summed E-state index contributed by atoms with van der Waals surface area (Å²) in [5.41, 5.74) is 1.31. The van der Waals surface area contributed by atoms with Crippen LogP contribution in [0.25, 0.3) is 0 Å². The monoisotopic (exact) mass is 529 g/mol.